The van der Waals surface area contributed by atoms with Crippen LogP contribution in [-0.2, 0) is 4.79 Å². The lowest BCUT2D eigenvalue weighted by Crippen LogP contribution is -2.39. The highest BCUT2D eigenvalue weighted by Crippen LogP contribution is 2.41. The minimum absolute atomic E-state index is 0.119. The van der Waals surface area contributed by atoms with Gasteiger partial charge in [0.05, 0.1) is 17.0 Å². The van der Waals surface area contributed by atoms with Gasteiger partial charge in [0, 0.05) is 12.6 Å². The van der Waals surface area contributed by atoms with Crippen LogP contribution in [0.2, 0.25) is 0 Å². The van der Waals surface area contributed by atoms with Crippen LogP contribution in [0.4, 0.5) is 0 Å². The molecule has 1 aromatic rings. The van der Waals surface area contributed by atoms with Gasteiger partial charge in [0.2, 0.25) is 0 Å². The van der Waals surface area contributed by atoms with Crippen LogP contribution in [0.1, 0.15) is 44.4 Å². The maximum atomic E-state index is 11.7. The number of carboxylic acids is 1. The molecule has 0 aromatic heterocycles. The van der Waals surface area contributed by atoms with Crippen LogP contribution in [0.5, 0.6) is 0 Å². The Hall–Kier alpha value is -1.86. The number of rotatable bonds is 4. The van der Waals surface area contributed by atoms with Gasteiger partial charge in [-0.05, 0) is 43.5 Å². The Bertz CT molecular complexity index is 559. The molecule has 0 amide bonds. The summed E-state index contributed by atoms with van der Waals surface area (Å²) in [6.07, 6.45) is 0.695. The Morgan fingerprint density at radius 1 is 1.33 bits per heavy atom. The van der Waals surface area contributed by atoms with Crippen LogP contribution in [-0.4, -0.2) is 29.1 Å². The Kier molecular flexibility index (Phi) is 4.34. The van der Waals surface area contributed by atoms with E-state index in [1.54, 1.807) is 0 Å². The van der Waals surface area contributed by atoms with Crippen molar-refractivity contribution >= 4 is 5.97 Å². The third-order valence-corrected chi connectivity index (χ3v) is 4.93. The number of nitrogens with zero attached hydrogens (tertiary/aromatic N) is 2. The molecule has 1 aliphatic heterocycles. The number of benzene rings is 1. The zero-order chi connectivity index (χ0) is 15.6. The van der Waals surface area contributed by atoms with Gasteiger partial charge in [0.15, 0.2) is 0 Å². The first kappa shape index (κ1) is 15.5. The lowest BCUT2D eigenvalue weighted by Gasteiger charge is -2.31. The van der Waals surface area contributed by atoms with Gasteiger partial charge >= 0.3 is 5.97 Å². The Balaban J connectivity index is 2.16. The third-order valence-electron chi connectivity index (χ3n) is 4.93. The summed E-state index contributed by atoms with van der Waals surface area (Å²) in [5.74, 6) is -0.569. The first-order valence-corrected chi connectivity index (χ1v) is 7.38. The van der Waals surface area contributed by atoms with E-state index in [-0.39, 0.29) is 12.0 Å². The molecule has 112 valence electrons. The zero-order valence-electron chi connectivity index (χ0n) is 12.8. The molecule has 2 atom stereocenters. The van der Waals surface area contributed by atoms with E-state index in [4.69, 9.17) is 5.26 Å². The Labute approximate surface area is 126 Å². The highest BCUT2D eigenvalue weighted by molar-refractivity contribution is 5.75. The normalized spacial score (nSPS) is 24.0. The number of nitriles is 1. The summed E-state index contributed by atoms with van der Waals surface area (Å²) in [6, 6.07) is 9.82. The van der Waals surface area contributed by atoms with E-state index in [2.05, 4.69) is 17.9 Å². The summed E-state index contributed by atoms with van der Waals surface area (Å²) < 4.78 is 0. The maximum Gasteiger partial charge on any atom is 0.311 e. The number of carbonyl (C=O) groups is 1. The van der Waals surface area contributed by atoms with E-state index >= 15 is 0 Å². The van der Waals surface area contributed by atoms with Gasteiger partial charge in [-0.3, -0.25) is 9.69 Å². The van der Waals surface area contributed by atoms with Crippen molar-refractivity contribution in [1.82, 2.24) is 4.90 Å². The molecule has 1 aromatic carbocycles. The molecular formula is C17H22N2O2. The molecule has 0 aliphatic carbocycles. The minimum Gasteiger partial charge on any atom is -0.481 e. The average Bonchev–Trinajstić information content (AvgIpc) is 2.93. The summed E-state index contributed by atoms with van der Waals surface area (Å²) in [4.78, 5) is 13.9. The lowest BCUT2D eigenvalue weighted by atomic mass is 9.76. The molecular weight excluding hydrogens is 264 g/mol. The maximum absolute atomic E-state index is 11.7. The molecule has 4 heteroatoms. The average molecular weight is 286 g/mol. The van der Waals surface area contributed by atoms with Crippen LogP contribution < -0.4 is 0 Å². The number of hydrogen-bond acceptors (Lipinski definition) is 3. The summed E-state index contributed by atoms with van der Waals surface area (Å²) >= 11 is 0. The van der Waals surface area contributed by atoms with Crippen molar-refractivity contribution in [2.24, 2.45) is 11.3 Å². The summed E-state index contributed by atoms with van der Waals surface area (Å²) in [5.41, 5.74) is 1.13. The van der Waals surface area contributed by atoms with Gasteiger partial charge in [-0.25, -0.2) is 0 Å². The molecule has 2 rings (SSSR count). The van der Waals surface area contributed by atoms with Crippen molar-refractivity contribution in [1.29, 1.82) is 5.26 Å². The van der Waals surface area contributed by atoms with Gasteiger partial charge in [-0.15, -0.1) is 0 Å². The predicted molar refractivity (Wildman–Crippen MR) is 80.7 cm³/mol. The van der Waals surface area contributed by atoms with Crippen LogP contribution in [0.15, 0.2) is 24.3 Å². The van der Waals surface area contributed by atoms with Crippen molar-refractivity contribution in [2.45, 2.75) is 33.2 Å². The van der Waals surface area contributed by atoms with Crippen LogP contribution >= 0.6 is 0 Å². The highest BCUT2D eigenvalue weighted by atomic mass is 16.4. The molecule has 1 heterocycles. The second-order valence-corrected chi connectivity index (χ2v) is 6.25. The van der Waals surface area contributed by atoms with Crippen molar-refractivity contribution < 1.29 is 9.90 Å². The summed E-state index contributed by atoms with van der Waals surface area (Å²) in [6.45, 7) is 7.46. The number of carboxylic acid groups (broad SMARTS) is 1. The fraction of sp³-hybridized carbons (Fsp3) is 0.529. The molecule has 0 saturated carbocycles. The van der Waals surface area contributed by atoms with Gasteiger partial charge in [-0.2, -0.15) is 5.26 Å². The molecule has 1 fully saturated rings. The molecule has 21 heavy (non-hydrogen) atoms. The molecule has 4 nitrogen and oxygen atoms in total. The molecule has 0 spiro atoms. The fourth-order valence-electron chi connectivity index (χ4n) is 3.13. The van der Waals surface area contributed by atoms with Crippen LogP contribution in [0.3, 0.4) is 0 Å². The summed E-state index contributed by atoms with van der Waals surface area (Å²) in [7, 11) is 0. The molecule has 0 bridgehead atoms. The van der Waals surface area contributed by atoms with E-state index in [1.807, 2.05) is 38.1 Å². The van der Waals surface area contributed by atoms with Gasteiger partial charge in [0.25, 0.3) is 0 Å². The summed E-state index contributed by atoms with van der Waals surface area (Å²) in [5, 5.41) is 18.5. The van der Waals surface area contributed by atoms with Gasteiger partial charge < -0.3 is 5.11 Å². The van der Waals surface area contributed by atoms with E-state index in [9.17, 15) is 9.90 Å². The van der Waals surface area contributed by atoms with Crippen molar-refractivity contribution in [3.8, 4) is 6.07 Å². The number of hydrogen-bond donors (Lipinski definition) is 1. The predicted octanol–water partition coefficient (Wildman–Crippen LogP) is 3.05. The van der Waals surface area contributed by atoms with E-state index < -0.39 is 11.4 Å². The Morgan fingerprint density at radius 3 is 2.38 bits per heavy atom. The lowest BCUT2D eigenvalue weighted by molar-refractivity contribution is -0.151. The number of likely N-dealkylation sites (tertiary alicyclic amines) is 1. The quantitative estimate of drug-likeness (QED) is 0.924. The number of aliphatic carboxylic acids is 1. The standard InChI is InChI=1S/C17H22N2O2/c1-12(2)17(16(20)21)8-9-19(11-17)13(3)15-6-4-14(10-18)5-7-15/h4-7,12-13H,8-9,11H2,1-3H3,(H,20,21). The van der Waals surface area contributed by atoms with Crippen LogP contribution in [0, 0.1) is 22.7 Å². The molecule has 2 unspecified atom stereocenters. The van der Waals surface area contributed by atoms with E-state index in [1.165, 1.54) is 0 Å². The second-order valence-electron chi connectivity index (χ2n) is 6.25. The van der Waals surface area contributed by atoms with Crippen molar-refractivity contribution in [2.75, 3.05) is 13.1 Å². The van der Waals surface area contributed by atoms with E-state index in [0.29, 0.717) is 18.5 Å². The monoisotopic (exact) mass is 286 g/mol. The van der Waals surface area contributed by atoms with Gasteiger partial charge in [0.1, 0.15) is 0 Å². The first-order chi connectivity index (χ1) is 9.90. The third kappa shape index (κ3) is 2.79. The largest absolute Gasteiger partial charge is 0.481 e. The smallest absolute Gasteiger partial charge is 0.311 e. The first-order valence-electron chi connectivity index (χ1n) is 7.38. The van der Waals surface area contributed by atoms with Crippen LogP contribution in [0.25, 0.3) is 0 Å². The molecule has 1 aliphatic rings. The topological polar surface area (TPSA) is 64.3 Å². The van der Waals surface area contributed by atoms with E-state index in [0.717, 1.165) is 12.1 Å². The minimum atomic E-state index is -0.688. The van der Waals surface area contributed by atoms with Crippen molar-refractivity contribution in [3.63, 3.8) is 0 Å². The second kappa shape index (κ2) is 5.87. The molecule has 1 saturated heterocycles. The highest BCUT2D eigenvalue weighted by Gasteiger charge is 2.48. The fourth-order valence-corrected chi connectivity index (χ4v) is 3.13. The van der Waals surface area contributed by atoms with Gasteiger partial charge in [-0.1, -0.05) is 26.0 Å². The zero-order valence-corrected chi connectivity index (χ0v) is 12.8. The SMILES string of the molecule is CC(c1ccc(C#N)cc1)N1CCC(C(=O)O)(C(C)C)C1. The molecule has 1 N–H and O–H groups in total. The Morgan fingerprint density at radius 2 is 1.95 bits per heavy atom. The molecule has 0 radical (unpaired) electrons. The van der Waals surface area contributed by atoms with Crippen molar-refractivity contribution in [3.05, 3.63) is 35.4 Å².